The van der Waals surface area contributed by atoms with E-state index in [1.807, 2.05) is 32.5 Å². The molecule has 0 aliphatic heterocycles. The number of hydrogen-bond acceptors (Lipinski definition) is 5. The number of aromatic nitrogens is 1. The summed E-state index contributed by atoms with van der Waals surface area (Å²) in [7, 11) is 4.03. The third-order valence-corrected chi connectivity index (χ3v) is 5.62. The number of thiophene rings is 1. The van der Waals surface area contributed by atoms with Crippen molar-refractivity contribution in [3.63, 3.8) is 0 Å². The summed E-state index contributed by atoms with van der Waals surface area (Å²) in [6, 6.07) is 4.28. The minimum atomic E-state index is -4.39. The molecule has 2 aromatic rings. The zero-order chi connectivity index (χ0) is 19.9. The zero-order valence-corrected chi connectivity index (χ0v) is 19.9. The summed E-state index contributed by atoms with van der Waals surface area (Å²) < 4.78 is 37.8. The van der Waals surface area contributed by atoms with Gasteiger partial charge in [-0.05, 0) is 32.5 Å². The normalized spacial score (nSPS) is 13.3. The first-order valence-corrected chi connectivity index (χ1v) is 10.3. The molecular weight excluding hydrogens is 522 g/mol. The molecule has 28 heavy (non-hydrogen) atoms. The van der Waals surface area contributed by atoms with Crippen LogP contribution < -0.4 is 10.6 Å². The Bertz CT molecular complexity index is 717. The molecule has 1 atom stereocenters. The van der Waals surface area contributed by atoms with Crippen molar-refractivity contribution in [2.45, 2.75) is 25.6 Å². The average Bonchev–Trinajstić information content (AvgIpc) is 3.26. The van der Waals surface area contributed by atoms with E-state index >= 15 is 0 Å². The largest absolute Gasteiger partial charge is 0.434 e. The SMILES string of the molecule is CCNC(=NCC(c1cccs1)N(C)C)NCCc1nc(C(F)(F)F)cs1.I. The molecule has 11 heteroatoms. The standard InChI is InChI=1S/C17H24F3N5S2.HI/c1-4-21-16(23-10-12(25(2)3)13-6-5-9-26-13)22-8-7-15-24-14(11-27-15)17(18,19)20;/h5-6,9,11-12H,4,7-8,10H2,1-3H3,(H2,21,22,23);1H. The van der Waals surface area contributed by atoms with Gasteiger partial charge in [-0.1, -0.05) is 6.07 Å². The maximum absolute atomic E-state index is 12.6. The Labute approximate surface area is 188 Å². The first-order chi connectivity index (χ1) is 12.8. The molecule has 0 fully saturated rings. The summed E-state index contributed by atoms with van der Waals surface area (Å²) in [5.41, 5.74) is -0.826. The van der Waals surface area contributed by atoms with Gasteiger partial charge < -0.3 is 15.5 Å². The summed E-state index contributed by atoms with van der Waals surface area (Å²) >= 11 is 2.72. The van der Waals surface area contributed by atoms with E-state index in [1.54, 1.807) is 11.3 Å². The van der Waals surface area contributed by atoms with Crippen LogP contribution in [0.4, 0.5) is 13.2 Å². The fourth-order valence-corrected chi connectivity index (χ4v) is 4.07. The van der Waals surface area contributed by atoms with Crippen molar-refractivity contribution < 1.29 is 13.2 Å². The Morgan fingerprint density at radius 2 is 2.04 bits per heavy atom. The van der Waals surface area contributed by atoms with Crippen LogP contribution in [0.15, 0.2) is 27.9 Å². The van der Waals surface area contributed by atoms with Crippen LogP contribution in [-0.2, 0) is 12.6 Å². The molecular formula is C17H25F3IN5S2. The monoisotopic (exact) mass is 547 g/mol. The highest BCUT2D eigenvalue weighted by atomic mass is 127. The third kappa shape index (κ3) is 7.84. The van der Waals surface area contributed by atoms with E-state index in [0.29, 0.717) is 37.0 Å². The molecule has 2 rings (SSSR count). The number of hydrogen-bond donors (Lipinski definition) is 2. The highest BCUT2D eigenvalue weighted by Gasteiger charge is 2.33. The minimum absolute atomic E-state index is 0. The van der Waals surface area contributed by atoms with Gasteiger partial charge in [-0.2, -0.15) is 13.2 Å². The van der Waals surface area contributed by atoms with Crippen LogP contribution in [-0.4, -0.2) is 49.6 Å². The van der Waals surface area contributed by atoms with E-state index in [1.165, 1.54) is 4.88 Å². The lowest BCUT2D eigenvalue weighted by Gasteiger charge is -2.22. The fraction of sp³-hybridized carbons (Fsp3) is 0.529. The number of aliphatic imine (C=N–C) groups is 1. The Morgan fingerprint density at radius 1 is 1.29 bits per heavy atom. The number of nitrogens with one attached hydrogen (secondary N) is 2. The molecule has 0 amide bonds. The molecule has 2 heterocycles. The summed E-state index contributed by atoms with van der Waals surface area (Å²) in [6.07, 6.45) is -3.98. The molecule has 0 aromatic carbocycles. The minimum Gasteiger partial charge on any atom is -0.357 e. The second-order valence-electron chi connectivity index (χ2n) is 6.02. The van der Waals surface area contributed by atoms with Crippen molar-refractivity contribution in [2.75, 3.05) is 33.7 Å². The van der Waals surface area contributed by atoms with Crippen molar-refractivity contribution >= 4 is 52.6 Å². The Kier molecular flexibility index (Phi) is 10.7. The smallest absolute Gasteiger partial charge is 0.357 e. The van der Waals surface area contributed by atoms with Crippen LogP contribution >= 0.6 is 46.7 Å². The highest BCUT2D eigenvalue weighted by molar-refractivity contribution is 14.0. The van der Waals surface area contributed by atoms with Gasteiger partial charge in [-0.15, -0.1) is 46.7 Å². The Morgan fingerprint density at radius 3 is 2.57 bits per heavy atom. The summed E-state index contributed by atoms with van der Waals surface area (Å²) in [6.45, 7) is 3.71. The predicted octanol–water partition coefficient (Wildman–Crippen LogP) is 4.24. The van der Waals surface area contributed by atoms with Crippen molar-refractivity contribution in [3.05, 3.63) is 38.5 Å². The molecule has 1 unspecified atom stereocenters. The van der Waals surface area contributed by atoms with Gasteiger partial charge in [0.2, 0.25) is 0 Å². The lowest BCUT2D eigenvalue weighted by atomic mass is 10.2. The van der Waals surface area contributed by atoms with Gasteiger partial charge in [0.1, 0.15) is 0 Å². The molecule has 0 saturated carbocycles. The molecule has 0 spiro atoms. The second kappa shape index (κ2) is 11.9. The molecule has 5 nitrogen and oxygen atoms in total. The topological polar surface area (TPSA) is 52.6 Å². The Hall–Kier alpha value is -0.920. The zero-order valence-electron chi connectivity index (χ0n) is 15.9. The van der Waals surface area contributed by atoms with Gasteiger partial charge in [0, 0.05) is 29.8 Å². The van der Waals surface area contributed by atoms with Gasteiger partial charge in [0.05, 0.1) is 17.6 Å². The van der Waals surface area contributed by atoms with Crippen LogP contribution in [0.25, 0.3) is 0 Å². The number of halogens is 4. The molecule has 2 N–H and O–H groups in total. The first kappa shape index (κ1) is 25.1. The average molecular weight is 547 g/mol. The summed E-state index contributed by atoms with van der Waals surface area (Å²) in [4.78, 5) is 11.6. The molecule has 0 bridgehead atoms. The number of guanidine groups is 1. The van der Waals surface area contributed by atoms with Crippen LogP contribution in [0.3, 0.4) is 0 Å². The van der Waals surface area contributed by atoms with Crippen LogP contribution in [0.5, 0.6) is 0 Å². The first-order valence-electron chi connectivity index (χ1n) is 8.54. The van der Waals surface area contributed by atoms with Crippen molar-refractivity contribution in [1.82, 2.24) is 20.5 Å². The number of nitrogens with zero attached hydrogens (tertiary/aromatic N) is 3. The van der Waals surface area contributed by atoms with E-state index in [9.17, 15) is 13.2 Å². The molecule has 0 radical (unpaired) electrons. The third-order valence-electron chi connectivity index (χ3n) is 3.74. The van der Waals surface area contributed by atoms with Crippen molar-refractivity contribution in [1.29, 1.82) is 0 Å². The molecule has 0 aliphatic carbocycles. The lowest BCUT2D eigenvalue weighted by molar-refractivity contribution is -0.140. The maximum Gasteiger partial charge on any atom is 0.434 e. The van der Waals surface area contributed by atoms with Crippen molar-refractivity contribution in [2.24, 2.45) is 4.99 Å². The van der Waals surface area contributed by atoms with Gasteiger partial charge in [-0.3, -0.25) is 4.99 Å². The number of likely N-dealkylation sites (N-methyl/N-ethyl adjacent to an activating group) is 1. The van der Waals surface area contributed by atoms with E-state index in [4.69, 9.17) is 0 Å². The molecule has 2 aromatic heterocycles. The maximum atomic E-state index is 12.6. The molecule has 0 aliphatic rings. The van der Waals surface area contributed by atoms with Crippen molar-refractivity contribution in [3.8, 4) is 0 Å². The lowest BCUT2D eigenvalue weighted by Crippen LogP contribution is -2.39. The number of alkyl halides is 3. The van der Waals surface area contributed by atoms with E-state index in [0.717, 1.165) is 16.7 Å². The molecule has 158 valence electrons. The van der Waals surface area contributed by atoms with Crippen LogP contribution in [0.1, 0.15) is 28.5 Å². The van der Waals surface area contributed by atoms with E-state index in [2.05, 4.69) is 31.6 Å². The Balaban J connectivity index is 0.00000392. The number of rotatable bonds is 8. The predicted molar refractivity (Wildman–Crippen MR) is 121 cm³/mol. The number of thiazole rings is 1. The summed E-state index contributed by atoms with van der Waals surface area (Å²) in [5.74, 6) is 0.647. The second-order valence-corrected chi connectivity index (χ2v) is 7.94. The van der Waals surface area contributed by atoms with E-state index < -0.39 is 11.9 Å². The highest BCUT2D eigenvalue weighted by Crippen LogP contribution is 2.30. The summed E-state index contributed by atoms with van der Waals surface area (Å²) in [5, 5.41) is 9.88. The van der Waals surface area contributed by atoms with E-state index in [-0.39, 0.29) is 30.0 Å². The van der Waals surface area contributed by atoms with Gasteiger partial charge in [0.15, 0.2) is 11.7 Å². The van der Waals surface area contributed by atoms with Gasteiger partial charge >= 0.3 is 6.18 Å². The van der Waals surface area contributed by atoms with Crippen LogP contribution in [0.2, 0.25) is 0 Å². The quantitative estimate of drug-likeness (QED) is 0.295. The fourth-order valence-electron chi connectivity index (χ4n) is 2.35. The van der Waals surface area contributed by atoms with Crippen LogP contribution in [0, 0.1) is 0 Å². The molecule has 0 saturated heterocycles. The van der Waals surface area contributed by atoms with Gasteiger partial charge in [-0.25, -0.2) is 4.98 Å². The van der Waals surface area contributed by atoms with Gasteiger partial charge in [0.25, 0.3) is 0 Å².